The lowest BCUT2D eigenvalue weighted by molar-refractivity contribution is 0.0641. The highest BCUT2D eigenvalue weighted by atomic mass is 16.2. The second kappa shape index (κ2) is 3.50. The average molecular weight is 202 g/mol. The maximum Gasteiger partial charge on any atom is 0.261 e. The maximum atomic E-state index is 11.8. The minimum Gasteiger partial charge on any atom is -0.274 e. The highest BCUT2D eigenvalue weighted by Gasteiger charge is 2.34. The lowest BCUT2D eigenvalue weighted by atomic mass is 10.1. The van der Waals surface area contributed by atoms with Crippen molar-refractivity contribution in [3.05, 3.63) is 42.3 Å². The van der Waals surface area contributed by atoms with Crippen LogP contribution in [0.5, 0.6) is 0 Å². The van der Waals surface area contributed by atoms with Gasteiger partial charge in [-0.1, -0.05) is 19.1 Å². The molecule has 0 aliphatic carbocycles. The molecule has 1 radical (unpaired) electrons. The molecular weight excluding hydrogens is 190 g/mol. The topological polar surface area (TPSA) is 37.4 Å². The van der Waals surface area contributed by atoms with E-state index < -0.39 is 0 Å². The Morgan fingerprint density at radius 3 is 2.07 bits per heavy atom. The van der Waals surface area contributed by atoms with Gasteiger partial charge in [-0.05, 0) is 25.0 Å². The first-order valence-electron chi connectivity index (χ1n) is 4.89. The van der Waals surface area contributed by atoms with Gasteiger partial charge in [0.05, 0.1) is 11.1 Å². The van der Waals surface area contributed by atoms with Crippen molar-refractivity contribution < 1.29 is 9.59 Å². The van der Waals surface area contributed by atoms with Crippen molar-refractivity contribution >= 4 is 11.8 Å². The molecule has 0 saturated heterocycles. The molecule has 2 amide bonds. The number of fused-ring (bicyclic) bond motifs is 1. The van der Waals surface area contributed by atoms with Crippen LogP contribution < -0.4 is 0 Å². The molecule has 1 aliphatic heterocycles. The first kappa shape index (κ1) is 9.90. The molecule has 15 heavy (non-hydrogen) atoms. The zero-order valence-electron chi connectivity index (χ0n) is 8.56. The molecule has 0 N–H and O–H groups in total. The number of carbonyl (C=O) groups excluding carboxylic acids is 2. The van der Waals surface area contributed by atoms with Crippen LogP contribution in [-0.2, 0) is 0 Å². The van der Waals surface area contributed by atoms with Gasteiger partial charge in [0.25, 0.3) is 11.8 Å². The van der Waals surface area contributed by atoms with Crippen LogP contribution in [0.3, 0.4) is 0 Å². The van der Waals surface area contributed by atoms with Gasteiger partial charge < -0.3 is 0 Å². The summed E-state index contributed by atoms with van der Waals surface area (Å²) in [6.07, 6.45) is 0. The van der Waals surface area contributed by atoms with Crippen LogP contribution in [0.1, 0.15) is 27.6 Å². The number of rotatable bonds is 2. The summed E-state index contributed by atoms with van der Waals surface area (Å²) in [7, 11) is 0. The fraction of sp³-hybridized carbons (Fsp3) is 0.250. The van der Waals surface area contributed by atoms with E-state index in [1.165, 1.54) is 4.90 Å². The Morgan fingerprint density at radius 1 is 1.20 bits per heavy atom. The molecule has 0 aromatic heterocycles. The molecule has 0 saturated carbocycles. The van der Waals surface area contributed by atoms with Gasteiger partial charge >= 0.3 is 0 Å². The first-order chi connectivity index (χ1) is 7.11. The van der Waals surface area contributed by atoms with Crippen molar-refractivity contribution in [3.63, 3.8) is 0 Å². The maximum absolute atomic E-state index is 11.8. The molecule has 77 valence electrons. The van der Waals surface area contributed by atoms with Crippen LogP contribution in [0.25, 0.3) is 0 Å². The monoisotopic (exact) mass is 202 g/mol. The normalized spacial score (nSPS) is 15.0. The molecule has 1 heterocycles. The zero-order valence-corrected chi connectivity index (χ0v) is 8.56. The number of imide groups is 1. The van der Waals surface area contributed by atoms with E-state index in [9.17, 15) is 9.59 Å². The Kier molecular flexibility index (Phi) is 2.31. The van der Waals surface area contributed by atoms with E-state index >= 15 is 0 Å². The van der Waals surface area contributed by atoms with Crippen LogP contribution in [0.15, 0.2) is 24.3 Å². The van der Waals surface area contributed by atoms with Gasteiger partial charge in [0.2, 0.25) is 0 Å². The van der Waals surface area contributed by atoms with E-state index in [1.54, 1.807) is 24.3 Å². The predicted molar refractivity (Wildman–Crippen MR) is 56.3 cm³/mol. The summed E-state index contributed by atoms with van der Waals surface area (Å²) in [5, 5.41) is 0. The summed E-state index contributed by atoms with van der Waals surface area (Å²) < 4.78 is 0. The van der Waals surface area contributed by atoms with Gasteiger partial charge in [0.1, 0.15) is 0 Å². The van der Waals surface area contributed by atoms with Crippen molar-refractivity contribution in [2.24, 2.45) is 5.92 Å². The second-order valence-corrected chi connectivity index (χ2v) is 3.87. The number of amides is 2. The molecule has 1 aliphatic rings. The third-order valence-electron chi connectivity index (χ3n) is 2.37. The molecular formula is C12H12NO2. The Hall–Kier alpha value is -1.64. The predicted octanol–water partition coefficient (Wildman–Crippen LogP) is 1.75. The number of hydrogen-bond donors (Lipinski definition) is 0. The third-order valence-corrected chi connectivity index (χ3v) is 2.37. The highest BCUT2D eigenvalue weighted by molar-refractivity contribution is 6.21. The molecule has 2 rings (SSSR count). The van der Waals surface area contributed by atoms with Crippen molar-refractivity contribution in [1.82, 2.24) is 4.90 Å². The zero-order chi connectivity index (χ0) is 11.0. The summed E-state index contributed by atoms with van der Waals surface area (Å²) in [6, 6.07) is 6.90. The molecule has 0 bridgehead atoms. The van der Waals surface area contributed by atoms with Crippen molar-refractivity contribution in [1.29, 1.82) is 0 Å². The third kappa shape index (κ3) is 1.54. The first-order valence-corrected chi connectivity index (χ1v) is 4.89. The molecule has 1 unspecified atom stereocenters. The van der Waals surface area contributed by atoms with E-state index in [1.807, 2.05) is 6.92 Å². The summed E-state index contributed by atoms with van der Waals surface area (Å²) in [4.78, 5) is 24.9. The molecule has 1 aromatic carbocycles. The lowest BCUT2D eigenvalue weighted by Crippen LogP contribution is -2.33. The molecule has 0 spiro atoms. The largest absolute Gasteiger partial charge is 0.274 e. The number of benzene rings is 1. The Morgan fingerprint density at radius 2 is 1.67 bits per heavy atom. The summed E-state index contributed by atoms with van der Waals surface area (Å²) in [5.41, 5.74) is 1.01. The number of carbonyl (C=O) groups is 2. The lowest BCUT2D eigenvalue weighted by Gasteiger charge is -2.15. The minimum atomic E-state index is -0.203. The summed E-state index contributed by atoms with van der Waals surface area (Å²) in [6.45, 7) is 6.05. The fourth-order valence-electron chi connectivity index (χ4n) is 1.72. The van der Waals surface area contributed by atoms with Crippen molar-refractivity contribution in [2.45, 2.75) is 6.92 Å². The average Bonchev–Trinajstić information content (AvgIpc) is 2.44. The van der Waals surface area contributed by atoms with Crippen LogP contribution in [0, 0.1) is 12.8 Å². The van der Waals surface area contributed by atoms with E-state index in [-0.39, 0.29) is 17.7 Å². The van der Waals surface area contributed by atoms with Crippen LogP contribution >= 0.6 is 0 Å². The van der Waals surface area contributed by atoms with E-state index in [4.69, 9.17) is 0 Å². The Bertz CT molecular complexity index is 388. The SMILES string of the molecule is [CH2]C(C)CN1C(=O)c2ccccc2C1=O. The van der Waals surface area contributed by atoms with Gasteiger partial charge in [-0.2, -0.15) is 0 Å². The number of nitrogens with zero attached hydrogens (tertiary/aromatic N) is 1. The van der Waals surface area contributed by atoms with Crippen molar-refractivity contribution in [2.75, 3.05) is 6.54 Å². The van der Waals surface area contributed by atoms with Crippen molar-refractivity contribution in [3.8, 4) is 0 Å². The molecule has 3 heteroatoms. The summed E-state index contributed by atoms with van der Waals surface area (Å²) in [5.74, 6) is -0.357. The molecule has 1 aromatic rings. The smallest absolute Gasteiger partial charge is 0.261 e. The van der Waals surface area contributed by atoms with E-state index in [0.29, 0.717) is 17.7 Å². The van der Waals surface area contributed by atoms with Crippen LogP contribution in [0.2, 0.25) is 0 Å². The van der Waals surface area contributed by atoms with Gasteiger partial charge in [0, 0.05) is 6.54 Å². The van der Waals surface area contributed by atoms with Crippen LogP contribution in [-0.4, -0.2) is 23.3 Å². The standard InChI is InChI=1S/C12H12NO2/c1-8(2)7-13-11(14)9-5-3-4-6-10(9)12(13)15/h3-6,8H,1,7H2,2H3. The molecule has 0 fully saturated rings. The molecule has 3 nitrogen and oxygen atoms in total. The Labute approximate surface area is 88.7 Å². The second-order valence-electron chi connectivity index (χ2n) is 3.87. The van der Waals surface area contributed by atoms with Gasteiger partial charge in [-0.3, -0.25) is 14.5 Å². The summed E-state index contributed by atoms with van der Waals surface area (Å²) >= 11 is 0. The van der Waals surface area contributed by atoms with Gasteiger partial charge in [0.15, 0.2) is 0 Å². The minimum absolute atomic E-state index is 0.0483. The Balaban J connectivity index is 2.37. The van der Waals surface area contributed by atoms with Gasteiger partial charge in [-0.15, -0.1) is 0 Å². The number of hydrogen-bond acceptors (Lipinski definition) is 2. The molecule has 1 atom stereocenters. The quantitative estimate of drug-likeness (QED) is 0.685. The fourth-order valence-corrected chi connectivity index (χ4v) is 1.72. The van der Waals surface area contributed by atoms with E-state index in [0.717, 1.165) is 0 Å². The van der Waals surface area contributed by atoms with Crippen LogP contribution in [0.4, 0.5) is 0 Å². The highest BCUT2D eigenvalue weighted by Crippen LogP contribution is 2.22. The van der Waals surface area contributed by atoms with E-state index in [2.05, 4.69) is 6.92 Å². The van der Waals surface area contributed by atoms with Gasteiger partial charge in [-0.25, -0.2) is 0 Å².